The number of nitrogens with zero attached hydrogens (tertiary/aromatic N) is 2. The van der Waals surface area contributed by atoms with Crippen LogP contribution in [0.25, 0.3) is 0 Å². The number of aromatic amines is 1. The van der Waals surface area contributed by atoms with Crippen LogP contribution < -0.4 is 75.7 Å². The van der Waals surface area contributed by atoms with Crippen molar-refractivity contribution in [1.82, 2.24) is 68.5 Å². The van der Waals surface area contributed by atoms with Crippen molar-refractivity contribution in [2.45, 2.75) is 224 Å². The van der Waals surface area contributed by atoms with Crippen molar-refractivity contribution in [2.24, 2.45) is 45.9 Å². The number of H-pyrrole nitrogens is 1. The Morgan fingerprint density at radius 3 is 1.72 bits per heavy atom. The number of phenols is 2. The third-order valence-corrected chi connectivity index (χ3v) is 21.1. The second-order valence-corrected chi connectivity index (χ2v) is 31.3. The molecule has 6 rings (SSSR count). The number of carbonyl (C=O) groups excluding carboxylic acids is 12. The lowest BCUT2D eigenvalue weighted by Gasteiger charge is -2.30. The topological polar surface area (TPSA) is 646 Å². The summed E-state index contributed by atoms with van der Waals surface area (Å²) in [6.45, 7) is 14.0. The highest BCUT2D eigenvalue weighted by molar-refractivity contribution is 8.14. The minimum absolute atomic E-state index is 0.00106. The third kappa shape index (κ3) is 32.0. The molecule has 12 amide bonds. The first-order chi connectivity index (χ1) is 56.7. The number of aromatic carboxylic acids is 2. The summed E-state index contributed by atoms with van der Waals surface area (Å²) in [5.74, 6) is -18.6. The van der Waals surface area contributed by atoms with Crippen molar-refractivity contribution in [1.29, 1.82) is 0 Å². The van der Waals surface area contributed by atoms with Crippen molar-refractivity contribution in [2.75, 3.05) is 18.8 Å². The highest BCUT2D eigenvalue weighted by Gasteiger charge is 2.40. The zero-order valence-corrected chi connectivity index (χ0v) is 69.0. The number of benzene rings is 3. The van der Waals surface area contributed by atoms with E-state index in [1.807, 2.05) is 13.8 Å². The molecule has 0 spiro atoms. The Hall–Kier alpha value is -12.1. The molecule has 4 aromatic rings. The molecule has 24 N–H and O–H groups in total. The van der Waals surface area contributed by atoms with Crippen LogP contribution in [0, 0.1) is 23.7 Å². The molecule has 40 heteroatoms. The lowest BCUT2D eigenvalue weighted by atomic mass is 9.96. The van der Waals surface area contributed by atoms with Gasteiger partial charge in [-0.15, -0.1) is 11.8 Å². The number of carboxylic acid groups (broad SMARTS) is 4. The van der Waals surface area contributed by atoms with Gasteiger partial charge in [-0.05, 0) is 123 Å². The molecule has 0 aliphatic carbocycles. The van der Waals surface area contributed by atoms with Crippen LogP contribution in [0.15, 0.2) is 84.2 Å². The monoisotopic (exact) mass is 1700 g/mol. The molecule has 14 atom stereocenters. The van der Waals surface area contributed by atoms with E-state index in [-0.39, 0.29) is 124 Å². The van der Waals surface area contributed by atoms with Crippen LogP contribution in [0.2, 0.25) is 0 Å². The molecule has 1 aromatic heterocycles. The van der Waals surface area contributed by atoms with Crippen LogP contribution in [-0.4, -0.2) is 232 Å². The van der Waals surface area contributed by atoms with E-state index in [1.54, 1.807) is 84.0 Å². The number of nitrogens with two attached hydrogens (primary N) is 3. The van der Waals surface area contributed by atoms with Gasteiger partial charge >= 0.3 is 23.9 Å². The molecule has 120 heavy (non-hydrogen) atoms. The number of primary amides is 1. The number of nitrogens with one attached hydrogen (secondary N) is 12. The number of hydrogen-bond acceptors (Lipinski definition) is 23. The summed E-state index contributed by atoms with van der Waals surface area (Å²) in [6.07, 6.45) is -0.135. The predicted molar refractivity (Wildman–Crippen MR) is 438 cm³/mol. The van der Waals surface area contributed by atoms with E-state index < -0.39 is 205 Å². The molecule has 2 aliphatic heterocycles. The van der Waals surface area contributed by atoms with Crippen LogP contribution in [-0.2, 0) is 86.4 Å². The standard InChI is InChI=1S/C65H101N17O16S.C15H12O6/c1-9-35(7)52(82-57(91)41(21-22-49(84)85)73-58(92)42(25-33(3)4)75-62(96)47-31-99-65(80-47)51(68)34(5)6)63(97)74-39-19-14-15-24-70-54(88)45(28-48(67)83)77-61(95)46(29-50(86)87)78-60(94)44(27-38-30-69-32-71-38)76-59(93)43(26-37-17-12-11-13-18-37)79-64(98)53(36(8)10-2)81-56(90)40(20-16-23-66)72-55(39)89;16-12-3-1-8(6-10(12)14(18)19)5-9-2-4-13(17)11(7-9)15(20)21/h11-13,17-18,30,32-36,39-47,51-53H,9-10,14-16,19-29,31,66,68H2,1-8H3,(H2,67,83)(H,69,71)(H,70,88)(H,72,89)(H,73,92)(H,74,97)(H,75,96)(H,76,93)(H,77,95)(H,78,94)(H,79,98)(H,81,90)(H,82,91)(H,84,85)(H,86,87);1-4,6-7,16-17H,5H2,(H,18,19)(H,20,21)/t35-,36-,39-,40+,41+,42-,43+,44-,45-,46+,47-,51-,52-,53-;/m0./s1. The Morgan fingerprint density at radius 1 is 0.608 bits per heavy atom. The maximum atomic E-state index is 14.9. The van der Waals surface area contributed by atoms with Gasteiger partial charge in [0, 0.05) is 43.5 Å². The van der Waals surface area contributed by atoms with Crippen molar-refractivity contribution >= 4 is 112 Å². The van der Waals surface area contributed by atoms with Crippen LogP contribution in [0.5, 0.6) is 11.5 Å². The number of carbonyl (C=O) groups is 16. The SMILES string of the molecule is CC[C@H](C)[C@H](NC(=O)[C@@H](CCC(=O)O)NC(=O)[C@H](CC(C)C)NC(=O)[C@@H]1CSC([C@@H](N)C(C)C)=N1)C(=O)N[C@H]1CCCCNC(=O)[C@H](CC(N)=O)NC(=O)[C@@H](CC(=O)O)NC(=O)[C@H](Cc2cnc[nH]2)NC(=O)[C@@H](Cc2ccccc2)NC(=O)[C@H]([C@@H](C)CC)NC(=O)[C@@H](CCCN)NC1=O.O=C(O)c1cc(Cc2ccc(O)c(C(=O)O)c2)ccc1O. The van der Waals surface area contributed by atoms with Gasteiger partial charge in [-0.3, -0.25) is 72.1 Å². The number of carboxylic acids is 4. The Morgan fingerprint density at radius 2 is 1.18 bits per heavy atom. The summed E-state index contributed by atoms with van der Waals surface area (Å²) in [7, 11) is 0. The van der Waals surface area contributed by atoms with E-state index in [0.29, 0.717) is 27.4 Å². The van der Waals surface area contributed by atoms with Gasteiger partial charge in [-0.2, -0.15) is 0 Å². The zero-order valence-electron chi connectivity index (χ0n) is 68.2. The minimum atomic E-state index is -1.94. The highest BCUT2D eigenvalue weighted by atomic mass is 32.2. The molecule has 2 aliphatic rings. The van der Waals surface area contributed by atoms with Gasteiger partial charge in [0.15, 0.2) is 0 Å². The average Bonchev–Trinajstić information content (AvgIpc) is 1.77. The Labute approximate surface area is 697 Å². The van der Waals surface area contributed by atoms with Gasteiger partial charge in [0.25, 0.3) is 0 Å². The molecule has 0 bridgehead atoms. The normalized spacial score (nSPS) is 20.8. The fourth-order valence-electron chi connectivity index (χ4n) is 12.6. The molecule has 1 saturated heterocycles. The number of imidazole rings is 1. The Bertz CT molecular complexity index is 4220. The summed E-state index contributed by atoms with van der Waals surface area (Å²) < 4.78 is 0. The number of aliphatic imine (C=N–C) groups is 1. The van der Waals surface area contributed by atoms with Gasteiger partial charge < -0.3 is 111 Å². The number of aliphatic carboxylic acids is 2. The molecular formula is C80H113N17O22S. The lowest BCUT2D eigenvalue weighted by molar-refractivity contribution is -0.142. The summed E-state index contributed by atoms with van der Waals surface area (Å²) in [5, 5.41) is 85.7. The van der Waals surface area contributed by atoms with Gasteiger partial charge in [0.2, 0.25) is 70.9 Å². The summed E-state index contributed by atoms with van der Waals surface area (Å²) in [5.41, 5.74) is 19.4. The van der Waals surface area contributed by atoms with Gasteiger partial charge in [0.05, 0.1) is 30.3 Å². The second-order valence-electron chi connectivity index (χ2n) is 30.3. The molecule has 3 heterocycles. The highest BCUT2D eigenvalue weighted by Crippen LogP contribution is 2.26. The zero-order chi connectivity index (χ0) is 89.2. The van der Waals surface area contributed by atoms with E-state index in [4.69, 9.17) is 27.4 Å². The smallest absolute Gasteiger partial charge is 0.339 e. The number of thioether (sulfide) groups is 1. The van der Waals surface area contributed by atoms with Crippen molar-refractivity contribution in [3.05, 3.63) is 113 Å². The lowest BCUT2D eigenvalue weighted by Crippen LogP contribution is -2.62. The maximum Gasteiger partial charge on any atom is 0.339 e. The first-order valence-electron chi connectivity index (χ1n) is 39.5. The summed E-state index contributed by atoms with van der Waals surface area (Å²) >= 11 is 1.33. The van der Waals surface area contributed by atoms with E-state index in [2.05, 4.69) is 73.4 Å². The average molecular weight is 1700 g/mol. The van der Waals surface area contributed by atoms with Gasteiger partial charge in [-0.25, -0.2) is 14.6 Å². The molecule has 1 fully saturated rings. The number of aromatic hydroxyl groups is 2. The molecular weight excluding hydrogens is 1580 g/mol. The predicted octanol–water partition coefficient (Wildman–Crippen LogP) is 0.0173. The van der Waals surface area contributed by atoms with Crippen LogP contribution in [0.3, 0.4) is 0 Å². The molecule has 0 radical (unpaired) electrons. The van der Waals surface area contributed by atoms with E-state index in [0.717, 1.165) is 0 Å². The van der Waals surface area contributed by atoms with E-state index in [9.17, 15) is 97.1 Å². The minimum Gasteiger partial charge on any atom is -0.507 e. The number of rotatable bonds is 34. The first kappa shape index (κ1) is 98.5. The number of aromatic nitrogens is 2. The molecule has 0 saturated carbocycles. The van der Waals surface area contributed by atoms with Crippen molar-refractivity contribution in [3.8, 4) is 11.5 Å². The fraction of sp³-hybridized carbons (Fsp3) is 0.525. The van der Waals surface area contributed by atoms with E-state index >= 15 is 0 Å². The maximum absolute atomic E-state index is 14.9. The van der Waals surface area contributed by atoms with Crippen LogP contribution in [0.1, 0.15) is 176 Å². The van der Waals surface area contributed by atoms with Gasteiger partial charge in [-0.1, -0.05) is 111 Å². The molecule has 39 nitrogen and oxygen atoms in total. The quantitative estimate of drug-likeness (QED) is 0.0293. The Balaban J connectivity index is 0.00000105. The largest absolute Gasteiger partial charge is 0.507 e. The molecule has 656 valence electrons. The van der Waals surface area contributed by atoms with Gasteiger partial charge in [0.1, 0.15) is 89.1 Å². The van der Waals surface area contributed by atoms with Crippen LogP contribution in [0.4, 0.5) is 0 Å². The first-order valence-corrected chi connectivity index (χ1v) is 40.5. The fourth-order valence-corrected chi connectivity index (χ4v) is 13.8. The van der Waals surface area contributed by atoms with Crippen molar-refractivity contribution in [3.63, 3.8) is 0 Å². The molecule has 0 unspecified atom stereocenters. The van der Waals surface area contributed by atoms with Crippen molar-refractivity contribution < 1.29 is 107 Å². The number of amides is 12. The third-order valence-electron chi connectivity index (χ3n) is 19.9. The molecule has 3 aromatic carbocycles. The summed E-state index contributed by atoms with van der Waals surface area (Å²) in [6, 6.07) is -0.0557. The summed E-state index contributed by atoms with van der Waals surface area (Å²) in [4.78, 5) is 228. The van der Waals surface area contributed by atoms with E-state index in [1.165, 1.54) is 48.6 Å². The Kier molecular flexibility index (Phi) is 40.0. The van der Waals surface area contributed by atoms with Crippen LogP contribution >= 0.6 is 11.8 Å². The second kappa shape index (κ2) is 48.7. The number of hydrogen-bond donors (Lipinski definition) is 21.